The van der Waals surface area contributed by atoms with Crippen LogP contribution in [0.4, 0.5) is 0 Å². The molecular formula is C16H15NO. The molecule has 2 nitrogen and oxygen atoms in total. The summed E-state index contributed by atoms with van der Waals surface area (Å²) in [6.45, 7) is 1.94. The summed E-state index contributed by atoms with van der Waals surface area (Å²) in [7, 11) is 0. The van der Waals surface area contributed by atoms with E-state index >= 15 is 0 Å². The van der Waals surface area contributed by atoms with E-state index < -0.39 is 0 Å². The Morgan fingerprint density at radius 1 is 1.33 bits per heavy atom. The van der Waals surface area contributed by atoms with Crippen molar-refractivity contribution in [2.24, 2.45) is 0 Å². The maximum absolute atomic E-state index is 12.3. The van der Waals surface area contributed by atoms with Crippen molar-refractivity contribution < 1.29 is 4.79 Å². The van der Waals surface area contributed by atoms with Gasteiger partial charge in [-0.25, -0.2) is 0 Å². The van der Waals surface area contributed by atoms with Crippen molar-refractivity contribution in [1.82, 2.24) is 4.98 Å². The third kappa shape index (κ3) is 1.84. The van der Waals surface area contributed by atoms with E-state index in [9.17, 15) is 4.79 Å². The van der Waals surface area contributed by atoms with Gasteiger partial charge in [0.15, 0.2) is 5.78 Å². The highest BCUT2D eigenvalue weighted by Crippen LogP contribution is 2.37. The van der Waals surface area contributed by atoms with Crippen molar-refractivity contribution in [3.8, 4) is 0 Å². The van der Waals surface area contributed by atoms with Crippen molar-refractivity contribution in [3.63, 3.8) is 0 Å². The fourth-order valence-electron chi connectivity index (χ4n) is 2.66. The van der Waals surface area contributed by atoms with Crippen molar-refractivity contribution in [1.29, 1.82) is 0 Å². The van der Waals surface area contributed by atoms with Gasteiger partial charge in [-0.3, -0.25) is 9.78 Å². The summed E-state index contributed by atoms with van der Waals surface area (Å²) in [5, 5.41) is 0. The lowest BCUT2D eigenvalue weighted by molar-refractivity contribution is 0.0970. The molecule has 0 fully saturated rings. The summed E-state index contributed by atoms with van der Waals surface area (Å²) < 4.78 is 0. The molecule has 0 amide bonds. The van der Waals surface area contributed by atoms with Crippen LogP contribution in [0.5, 0.6) is 0 Å². The minimum atomic E-state index is 0.231. The molecule has 2 aromatic rings. The van der Waals surface area contributed by atoms with E-state index in [1.54, 1.807) is 12.4 Å². The molecule has 0 bridgehead atoms. The molecule has 0 aliphatic heterocycles. The lowest BCUT2D eigenvalue weighted by Crippen LogP contribution is -2.20. The van der Waals surface area contributed by atoms with Gasteiger partial charge < -0.3 is 0 Å². The van der Waals surface area contributed by atoms with Crippen molar-refractivity contribution in [2.75, 3.05) is 0 Å². The summed E-state index contributed by atoms with van der Waals surface area (Å²) in [4.78, 5) is 16.3. The number of fused-ring (bicyclic) bond motifs is 1. The Labute approximate surface area is 107 Å². The van der Waals surface area contributed by atoms with Crippen LogP contribution in [-0.4, -0.2) is 10.8 Å². The molecule has 0 saturated carbocycles. The van der Waals surface area contributed by atoms with Gasteiger partial charge in [-0.15, -0.1) is 0 Å². The minimum Gasteiger partial charge on any atom is -0.294 e. The van der Waals surface area contributed by atoms with Crippen LogP contribution in [0.15, 0.2) is 42.7 Å². The molecule has 0 spiro atoms. The van der Waals surface area contributed by atoms with Crippen LogP contribution in [0.1, 0.15) is 39.4 Å². The summed E-state index contributed by atoms with van der Waals surface area (Å²) in [5.41, 5.74) is 4.52. The Morgan fingerprint density at radius 3 is 2.94 bits per heavy atom. The second-order valence-electron chi connectivity index (χ2n) is 4.92. The van der Waals surface area contributed by atoms with Crippen LogP contribution < -0.4 is 0 Å². The number of carbonyl (C=O) groups is 1. The Hall–Kier alpha value is -1.96. The molecule has 1 aromatic heterocycles. The Kier molecular flexibility index (Phi) is 2.71. The molecule has 1 atom stereocenters. The van der Waals surface area contributed by atoms with Crippen LogP contribution >= 0.6 is 0 Å². The predicted octanol–water partition coefficient (Wildman–Crippen LogP) is 3.30. The van der Waals surface area contributed by atoms with Gasteiger partial charge >= 0.3 is 0 Å². The first-order chi connectivity index (χ1) is 8.75. The number of aryl methyl sites for hydroxylation is 1. The van der Waals surface area contributed by atoms with Gasteiger partial charge in [-0.1, -0.05) is 24.3 Å². The third-order valence-corrected chi connectivity index (χ3v) is 3.71. The Balaban J connectivity index is 1.76. The first-order valence-electron chi connectivity index (χ1n) is 6.27. The average molecular weight is 237 g/mol. The zero-order valence-corrected chi connectivity index (χ0v) is 10.4. The number of nitrogens with zero attached hydrogens (tertiary/aromatic N) is 1. The molecule has 1 aromatic carbocycles. The summed E-state index contributed by atoms with van der Waals surface area (Å²) in [6, 6.07) is 10.2. The second kappa shape index (κ2) is 4.37. The molecule has 1 unspecified atom stereocenters. The Bertz CT molecular complexity index is 604. The normalized spacial score (nSPS) is 16.8. The largest absolute Gasteiger partial charge is 0.294 e. The van der Waals surface area contributed by atoms with Crippen molar-refractivity contribution in [3.05, 3.63) is 65.0 Å². The van der Waals surface area contributed by atoms with Crippen molar-refractivity contribution >= 4 is 5.78 Å². The molecule has 0 saturated heterocycles. The molecule has 1 heterocycles. The van der Waals surface area contributed by atoms with Gasteiger partial charge in [-0.05, 0) is 42.0 Å². The van der Waals surface area contributed by atoms with Crippen LogP contribution in [0.3, 0.4) is 0 Å². The van der Waals surface area contributed by atoms with Gasteiger partial charge in [0, 0.05) is 24.4 Å². The number of pyridine rings is 1. The monoisotopic (exact) mass is 237 g/mol. The van der Waals surface area contributed by atoms with Crippen LogP contribution in [0.2, 0.25) is 0 Å². The van der Waals surface area contributed by atoms with E-state index in [1.165, 1.54) is 11.1 Å². The second-order valence-corrected chi connectivity index (χ2v) is 4.92. The van der Waals surface area contributed by atoms with Gasteiger partial charge in [0.25, 0.3) is 0 Å². The molecular weight excluding hydrogens is 222 g/mol. The maximum Gasteiger partial charge on any atom is 0.163 e. The molecule has 0 N–H and O–H groups in total. The highest BCUT2D eigenvalue weighted by molar-refractivity contribution is 5.97. The number of rotatable bonds is 3. The minimum absolute atomic E-state index is 0.231. The zero-order chi connectivity index (χ0) is 12.5. The molecule has 2 heteroatoms. The predicted molar refractivity (Wildman–Crippen MR) is 70.8 cm³/mol. The number of benzene rings is 1. The van der Waals surface area contributed by atoms with Gasteiger partial charge in [0.05, 0.1) is 0 Å². The fourth-order valence-corrected chi connectivity index (χ4v) is 2.66. The van der Waals surface area contributed by atoms with Crippen molar-refractivity contribution in [2.45, 2.75) is 25.7 Å². The average Bonchev–Trinajstić information content (AvgIpc) is 2.36. The fraction of sp³-hybridized carbons (Fsp3) is 0.250. The summed E-state index contributed by atoms with van der Waals surface area (Å²) in [5.74, 6) is 0.635. The lowest BCUT2D eigenvalue weighted by atomic mass is 9.74. The van der Waals surface area contributed by atoms with E-state index in [-0.39, 0.29) is 5.78 Å². The first-order valence-corrected chi connectivity index (χ1v) is 6.27. The lowest BCUT2D eigenvalue weighted by Gasteiger charge is -2.29. The van der Waals surface area contributed by atoms with E-state index in [1.807, 2.05) is 19.1 Å². The van der Waals surface area contributed by atoms with E-state index in [0.717, 1.165) is 17.5 Å². The number of hydrogen-bond acceptors (Lipinski definition) is 2. The van der Waals surface area contributed by atoms with Crippen LogP contribution in [0.25, 0.3) is 0 Å². The van der Waals surface area contributed by atoms with Crippen LogP contribution in [-0.2, 0) is 6.42 Å². The SMILES string of the molecule is Cc1cnccc1C(=O)CC1Cc2ccccc21. The van der Waals surface area contributed by atoms with Gasteiger partial charge in [-0.2, -0.15) is 0 Å². The summed E-state index contributed by atoms with van der Waals surface area (Å²) in [6.07, 6.45) is 5.09. The zero-order valence-electron chi connectivity index (χ0n) is 10.4. The Morgan fingerprint density at radius 2 is 2.17 bits per heavy atom. The maximum atomic E-state index is 12.3. The summed E-state index contributed by atoms with van der Waals surface area (Å²) >= 11 is 0. The van der Waals surface area contributed by atoms with E-state index in [2.05, 4.69) is 23.2 Å². The number of aromatic nitrogens is 1. The number of ketones is 1. The molecule has 90 valence electrons. The highest BCUT2D eigenvalue weighted by Gasteiger charge is 2.27. The smallest absolute Gasteiger partial charge is 0.163 e. The molecule has 3 rings (SSSR count). The van der Waals surface area contributed by atoms with E-state index in [0.29, 0.717) is 12.3 Å². The van der Waals surface area contributed by atoms with Gasteiger partial charge in [0.2, 0.25) is 0 Å². The standard InChI is InChI=1S/C16H15NO/c1-11-10-17-7-6-14(11)16(18)9-13-8-12-4-2-3-5-15(12)13/h2-7,10,13H,8-9H2,1H3. The molecule has 1 aliphatic carbocycles. The number of hydrogen-bond donors (Lipinski definition) is 0. The quantitative estimate of drug-likeness (QED) is 0.767. The first kappa shape index (κ1) is 11.1. The molecule has 18 heavy (non-hydrogen) atoms. The molecule has 1 aliphatic rings. The van der Waals surface area contributed by atoms with Gasteiger partial charge in [0.1, 0.15) is 0 Å². The third-order valence-electron chi connectivity index (χ3n) is 3.71. The van der Waals surface area contributed by atoms with Crippen LogP contribution in [0, 0.1) is 6.92 Å². The van der Waals surface area contributed by atoms with E-state index in [4.69, 9.17) is 0 Å². The highest BCUT2D eigenvalue weighted by atomic mass is 16.1. The number of carbonyl (C=O) groups excluding carboxylic acids is 1. The number of Topliss-reactive ketones (excluding diaryl/α,β-unsaturated/α-hetero) is 1. The molecule has 0 radical (unpaired) electrons. The topological polar surface area (TPSA) is 30.0 Å².